The molecule has 1 unspecified atom stereocenters. The van der Waals surface area contributed by atoms with E-state index in [1.54, 1.807) is 20.8 Å². The lowest BCUT2D eigenvalue weighted by molar-refractivity contribution is -0.141. The van der Waals surface area contributed by atoms with E-state index in [4.69, 9.17) is 4.74 Å². The van der Waals surface area contributed by atoms with Crippen LogP contribution in [0.15, 0.2) is 4.99 Å². The number of esters is 1. The van der Waals surface area contributed by atoms with E-state index in [0.29, 0.717) is 10.8 Å². The highest BCUT2D eigenvalue weighted by molar-refractivity contribution is 8.14. The Morgan fingerprint density at radius 2 is 2.17 bits per heavy atom. The van der Waals surface area contributed by atoms with E-state index in [9.17, 15) is 9.59 Å². The van der Waals surface area contributed by atoms with Gasteiger partial charge in [0.25, 0.3) is 0 Å². The van der Waals surface area contributed by atoms with Crippen LogP contribution in [0, 0.1) is 0 Å². The lowest BCUT2D eigenvalue weighted by Gasteiger charge is -2.19. The molecule has 1 amide bonds. The van der Waals surface area contributed by atoms with Crippen LogP contribution in [0.3, 0.4) is 0 Å². The predicted molar refractivity (Wildman–Crippen MR) is 69.9 cm³/mol. The van der Waals surface area contributed by atoms with Crippen molar-refractivity contribution in [3.63, 3.8) is 0 Å². The summed E-state index contributed by atoms with van der Waals surface area (Å²) < 4.78 is 9.69. The second kappa shape index (κ2) is 6.08. The molecule has 0 fully saturated rings. The Labute approximate surface area is 111 Å². The van der Waals surface area contributed by atoms with Gasteiger partial charge in [-0.25, -0.2) is 9.59 Å². The zero-order valence-electron chi connectivity index (χ0n) is 11.0. The van der Waals surface area contributed by atoms with Crippen LogP contribution >= 0.6 is 11.8 Å². The van der Waals surface area contributed by atoms with Gasteiger partial charge in [0.05, 0.1) is 18.7 Å². The van der Waals surface area contributed by atoms with Gasteiger partial charge >= 0.3 is 12.1 Å². The average molecular weight is 274 g/mol. The molecule has 0 saturated heterocycles. The highest BCUT2D eigenvalue weighted by Crippen LogP contribution is 2.18. The number of rotatable bonds is 3. The molecule has 1 rings (SSSR count). The van der Waals surface area contributed by atoms with Crippen LogP contribution in [0.1, 0.15) is 20.8 Å². The van der Waals surface area contributed by atoms with Crippen LogP contribution in [-0.4, -0.2) is 48.2 Å². The number of nitrogens with zero attached hydrogens (tertiary/aromatic N) is 1. The summed E-state index contributed by atoms with van der Waals surface area (Å²) in [5.74, 6) is 0.202. The van der Waals surface area contributed by atoms with Crippen molar-refractivity contribution in [3.05, 3.63) is 0 Å². The average Bonchev–Trinajstić information content (AvgIpc) is 2.71. The third-order valence-corrected chi connectivity index (χ3v) is 3.03. The van der Waals surface area contributed by atoms with Crippen LogP contribution in [0.2, 0.25) is 0 Å². The Balaban J connectivity index is 2.37. The van der Waals surface area contributed by atoms with Crippen molar-refractivity contribution in [3.8, 4) is 0 Å². The molecule has 0 aromatic carbocycles. The summed E-state index contributed by atoms with van der Waals surface area (Å²) >= 11 is 1.43. The van der Waals surface area contributed by atoms with E-state index in [1.807, 2.05) is 0 Å². The molecule has 0 spiro atoms. The van der Waals surface area contributed by atoms with Gasteiger partial charge in [-0.05, 0) is 20.8 Å². The minimum Gasteiger partial charge on any atom is -0.467 e. The van der Waals surface area contributed by atoms with Crippen molar-refractivity contribution >= 4 is 28.9 Å². The number of hydrogen-bond donors (Lipinski definition) is 1. The normalized spacial score (nSPS) is 19.1. The summed E-state index contributed by atoms with van der Waals surface area (Å²) in [6.07, 6.45) is -0.493. The molecular formula is C11H18N2O4S. The first-order chi connectivity index (χ1) is 8.31. The fraction of sp³-hybridized carbons (Fsp3) is 0.727. The van der Waals surface area contributed by atoms with Crippen LogP contribution in [-0.2, 0) is 14.3 Å². The molecule has 1 atom stereocenters. The number of aliphatic imine (C=N–C) groups is 1. The molecule has 0 aromatic rings. The zero-order chi connectivity index (χ0) is 13.8. The molecule has 0 radical (unpaired) electrons. The molecule has 0 aliphatic carbocycles. The van der Waals surface area contributed by atoms with Crippen molar-refractivity contribution < 1.29 is 19.1 Å². The van der Waals surface area contributed by atoms with Crippen LogP contribution in [0.4, 0.5) is 4.79 Å². The van der Waals surface area contributed by atoms with Crippen LogP contribution in [0.25, 0.3) is 0 Å². The highest BCUT2D eigenvalue weighted by Gasteiger charge is 2.26. The van der Waals surface area contributed by atoms with Gasteiger partial charge in [-0.15, -0.1) is 11.8 Å². The Kier molecular flexibility index (Phi) is 5.01. The number of amides is 1. The summed E-state index contributed by atoms with van der Waals surface area (Å²) in [5.41, 5.74) is -0.525. The molecule has 1 aliphatic rings. The smallest absolute Gasteiger partial charge is 0.407 e. The maximum Gasteiger partial charge on any atom is 0.407 e. The molecule has 7 heteroatoms. The summed E-state index contributed by atoms with van der Waals surface area (Å²) in [4.78, 5) is 26.8. The number of thioether (sulfide) groups is 1. The number of alkyl carbamates (subject to hydrolysis) is 1. The Morgan fingerprint density at radius 3 is 2.72 bits per heavy atom. The van der Waals surface area contributed by atoms with Crippen LogP contribution < -0.4 is 5.32 Å². The Hall–Kier alpha value is -1.24. The topological polar surface area (TPSA) is 77.0 Å². The van der Waals surface area contributed by atoms with Crippen molar-refractivity contribution in [2.24, 2.45) is 4.99 Å². The van der Waals surface area contributed by atoms with E-state index < -0.39 is 17.7 Å². The van der Waals surface area contributed by atoms with Gasteiger partial charge in [0.1, 0.15) is 5.60 Å². The summed E-state index contributed by atoms with van der Waals surface area (Å²) in [5, 5.41) is 3.30. The molecular weight excluding hydrogens is 256 g/mol. The van der Waals surface area contributed by atoms with Crippen molar-refractivity contribution in [1.29, 1.82) is 0 Å². The van der Waals surface area contributed by atoms with Gasteiger partial charge in [0, 0.05) is 5.75 Å². The number of carbonyl (C=O) groups excluding carboxylic acids is 2. The van der Waals surface area contributed by atoms with Crippen molar-refractivity contribution in [2.75, 3.05) is 19.4 Å². The van der Waals surface area contributed by atoms with E-state index in [1.165, 1.54) is 18.9 Å². The summed E-state index contributed by atoms with van der Waals surface area (Å²) in [6, 6.07) is -0.463. The van der Waals surface area contributed by atoms with Gasteiger partial charge in [-0.1, -0.05) is 0 Å². The monoisotopic (exact) mass is 274 g/mol. The molecule has 6 nitrogen and oxygen atoms in total. The first-order valence-corrected chi connectivity index (χ1v) is 6.54. The van der Waals surface area contributed by atoms with E-state index >= 15 is 0 Å². The number of methoxy groups -OCH3 is 1. The highest BCUT2D eigenvalue weighted by atomic mass is 32.2. The zero-order valence-corrected chi connectivity index (χ0v) is 11.8. The van der Waals surface area contributed by atoms with Crippen LogP contribution in [0.5, 0.6) is 0 Å². The maximum atomic E-state index is 11.4. The molecule has 1 heterocycles. The second-order valence-electron chi connectivity index (χ2n) is 4.73. The minimum absolute atomic E-state index is 0.271. The largest absolute Gasteiger partial charge is 0.467 e. The second-order valence-corrected chi connectivity index (χ2v) is 5.82. The van der Waals surface area contributed by atoms with Gasteiger partial charge in [0.15, 0.2) is 6.04 Å². The maximum absolute atomic E-state index is 11.4. The predicted octanol–water partition coefficient (Wildman–Crippen LogP) is 1.20. The quantitative estimate of drug-likeness (QED) is 0.782. The fourth-order valence-corrected chi connectivity index (χ4v) is 2.18. The van der Waals surface area contributed by atoms with Crippen molar-refractivity contribution in [2.45, 2.75) is 32.4 Å². The Morgan fingerprint density at radius 1 is 1.50 bits per heavy atom. The third-order valence-electron chi connectivity index (χ3n) is 1.96. The minimum atomic E-state index is -0.525. The lowest BCUT2D eigenvalue weighted by atomic mass is 10.2. The van der Waals surface area contributed by atoms with E-state index in [0.717, 1.165) is 0 Å². The molecule has 1 N–H and O–H groups in total. The van der Waals surface area contributed by atoms with Gasteiger partial charge in [0.2, 0.25) is 0 Å². The molecule has 102 valence electrons. The first kappa shape index (κ1) is 14.8. The molecule has 1 aliphatic heterocycles. The lowest BCUT2D eigenvalue weighted by Crippen LogP contribution is -2.34. The number of nitrogens with one attached hydrogen (secondary N) is 1. The fourth-order valence-electron chi connectivity index (χ4n) is 1.24. The molecule has 18 heavy (non-hydrogen) atoms. The SMILES string of the molecule is COC(=O)C1CSC(CNC(=O)OC(C)(C)C)=N1. The van der Waals surface area contributed by atoms with Gasteiger partial charge in [-0.3, -0.25) is 4.99 Å². The standard InChI is InChI=1S/C11H18N2O4S/c1-11(2,3)17-10(15)12-5-8-13-7(6-18-8)9(14)16-4/h7H,5-6H2,1-4H3,(H,12,15). The third kappa shape index (κ3) is 4.95. The summed E-state index contributed by atoms with van der Waals surface area (Å²) in [6.45, 7) is 5.65. The molecule has 0 bridgehead atoms. The molecule has 0 saturated carbocycles. The Bertz CT molecular complexity index is 363. The number of ether oxygens (including phenoxy) is 2. The number of carbonyl (C=O) groups is 2. The van der Waals surface area contributed by atoms with Gasteiger partial charge in [-0.2, -0.15) is 0 Å². The molecule has 0 aromatic heterocycles. The van der Waals surface area contributed by atoms with Crippen molar-refractivity contribution in [1.82, 2.24) is 5.32 Å². The van der Waals surface area contributed by atoms with E-state index in [2.05, 4.69) is 15.0 Å². The van der Waals surface area contributed by atoms with Gasteiger partial charge < -0.3 is 14.8 Å². The first-order valence-electron chi connectivity index (χ1n) is 5.56. The summed E-state index contributed by atoms with van der Waals surface area (Å²) in [7, 11) is 1.33. The van der Waals surface area contributed by atoms with E-state index in [-0.39, 0.29) is 12.5 Å². The number of hydrogen-bond acceptors (Lipinski definition) is 6.